The number of para-hydroxylation sites is 2. The van der Waals surface area contributed by atoms with Gasteiger partial charge in [0.15, 0.2) is 0 Å². The van der Waals surface area contributed by atoms with Crippen LogP contribution in [-0.4, -0.2) is 9.55 Å². The SMILES string of the molecule is CCCCn1c(CC(C)C)nc2ccccc21. The number of hydrogen-bond acceptors (Lipinski definition) is 1. The Morgan fingerprint density at radius 2 is 2.00 bits per heavy atom. The molecule has 0 unspecified atom stereocenters. The van der Waals surface area contributed by atoms with Crippen molar-refractivity contribution >= 4 is 11.0 Å². The molecular formula is C15H22N2. The van der Waals surface area contributed by atoms with Crippen LogP contribution in [0.1, 0.15) is 39.4 Å². The number of fused-ring (bicyclic) bond motifs is 1. The van der Waals surface area contributed by atoms with E-state index in [1.54, 1.807) is 0 Å². The van der Waals surface area contributed by atoms with E-state index < -0.39 is 0 Å². The van der Waals surface area contributed by atoms with Crippen LogP contribution in [0.2, 0.25) is 0 Å². The van der Waals surface area contributed by atoms with E-state index in [9.17, 15) is 0 Å². The molecule has 2 rings (SSSR count). The molecule has 0 bridgehead atoms. The molecule has 0 fully saturated rings. The minimum absolute atomic E-state index is 0.659. The molecule has 2 heteroatoms. The standard InChI is InChI=1S/C15H22N2/c1-4-5-10-17-14-9-7-6-8-13(14)16-15(17)11-12(2)3/h6-9,12H,4-5,10-11H2,1-3H3. The molecule has 17 heavy (non-hydrogen) atoms. The zero-order valence-electron chi connectivity index (χ0n) is 11.1. The number of aryl methyl sites for hydroxylation is 1. The predicted molar refractivity (Wildman–Crippen MR) is 73.2 cm³/mol. The molecule has 0 N–H and O–H groups in total. The van der Waals surface area contributed by atoms with Crippen molar-refractivity contribution in [1.82, 2.24) is 9.55 Å². The Bertz CT molecular complexity index is 483. The highest BCUT2D eigenvalue weighted by atomic mass is 15.1. The fourth-order valence-electron chi connectivity index (χ4n) is 2.21. The predicted octanol–water partition coefficient (Wildman–Crippen LogP) is 4.03. The van der Waals surface area contributed by atoms with Crippen LogP contribution < -0.4 is 0 Å². The van der Waals surface area contributed by atoms with Crippen LogP contribution in [0, 0.1) is 5.92 Å². The van der Waals surface area contributed by atoms with Crippen LogP contribution in [0.15, 0.2) is 24.3 Å². The number of aromatic nitrogens is 2. The minimum atomic E-state index is 0.659. The van der Waals surface area contributed by atoms with Gasteiger partial charge >= 0.3 is 0 Å². The summed E-state index contributed by atoms with van der Waals surface area (Å²) in [6.07, 6.45) is 3.53. The average molecular weight is 230 g/mol. The zero-order chi connectivity index (χ0) is 12.3. The first kappa shape index (κ1) is 12.2. The van der Waals surface area contributed by atoms with Gasteiger partial charge in [0.25, 0.3) is 0 Å². The molecule has 1 aromatic carbocycles. The summed E-state index contributed by atoms with van der Waals surface area (Å²) in [5.74, 6) is 1.90. The Balaban J connectivity index is 2.41. The lowest BCUT2D eigenvalue weighted by atomic mass is 10.1. The summed E-state index contributed by atoms with van der Waals surface area (Å²) in [7, 11) is 0. The van der Waals surface area contributed by atoms with Gasteiger partial charge in [-0.2, -0.15) is 0 Å². The smallest absolute Gasteiger partial charge is 0.110 e. The summed E-state index contributed by atoms with van der Waals surface area (Å²) in [5.41, 5.74) is 2.43. The highest BCUT2D eigenvalue weighted by Gasteiger charge is 2.10. The highest BCUT2D eigenvalue weighted by molar-refractivity contribution is 5.75. The van der Waals surface area contributed by atoms with E-state index in [0.29, 0.717) is 5.92 Å². The maximum atomic E-state index is 4.77. The Hall–Kier alpha value is -1.31. The fourth-order valence-corrected chi connectivity index (χ4v) is 2.21. The molecule has 0 saturated heterocycles. The van der Waals surface area contributed by atoms with E-state index in [-0.39, 0.29) is 0 Å². The van der Waals surface area contributed by atoms with Crippen molar-refractivity contribution in [3.05, 3.63) is 30.1 Å². The summed E-state index contributed by atoms with van der Waals surface area (Å²) in [6.45, 7) is 7.84. The van der Waals surface area contributed by atoms with Crippen LogP contribution in [0.3, 0.4) is 0 Å². The molecule has 0 atom stereocenters. The van der Waals surface area contributed by atoms with E-state index in [1.807, 2.05) is 0 Å². The maximum absolute atomic E-state index is 4.77. The van der Waals surface area contributed by atoms with E-state index in [4.69, 9.17) is 4.98 Å². The van der Waals surface area contributed by atoms with Gasteiger partial charge in [0, 0.05) is 13.0 Å². The third kappa shape index (κ3) is 2.68. The number of imidazole rings is 1. The normalized spacial score (nSPS) is 11.5. The van der Waals surface area contributed by atoms with Crippen molar-refractivity contribution in [1.29, 1.82) is 0 Å². The van der Waals surface area contributed by atoms with Crippen molar-refractivity contribution < 1.29 is 0 Å². The zero-order valence-corrected chi connectivity index (χ0v) is 11.1. The second-order valence-electron chi connectivity index (χ2n) is 5.12. The van der Waals surface area contributed by atoms with Gasteiger partial charge < -0.3 is 4.57 Å². The Morgan fingerprint density at radius 1 is 1.24 bits per heavy atom. The first-order valence-electron chi connectivity index (χ1n) is 6.66. The molecule has 0 saturated carbocycles. The van der Waals surface area contributed by atoms with Gasteiger partial charge in [0.1, 0.15) is 5.82 Å². The third-order valence-corrected chi connectivity index (χ3v) is 3.06. The first-order chi connectivity index (χ1) is 8.22. The molecule has 92 valence electrons. The van der Waals surface area contributed by atoms with Gasteiger partial charge in [-0.05, 0) is 24.5 Å². The van der Waals surface area contributed by atoms with E-state index in [2.05, 4.69) is 49.6 Å². The largest absolute Gasteiger partial charge is 0.328 e. The molecule has 0 aliphatic carbocycles. The Morgan fingerprint density at radius 3 is 2.71 bits per heavy atom. The van der Waals surface area contributed by atoms with Crippen molar-refractivity contribution in [3.63, 3.8) is 0 Å². The van der Waals surface area contributed by atoms with Crippen LogP contribution in [-0.2, 0) is 13.0 Å². The summed E-state index contributed by atoms with van der Waals surface area (Å²) >= 11 is 0. The average Bonchev–Trinajstić information content (AvgIpc) is 2.63. The van der Waals surface area contributed by atoms with Crippen molar-refractivity contribution in [2.75, 3.05) is 0 Å². The van der Waals surface area contributed by atoms with Gasteiger partial charge in [-0.3, -0.25) is 0 Å². The van der Waals surface area contributed by atoms with Gasteiger partial charge in [0.2, 0.25) is 0 Å². The van der Waals surface area contributed by atoms with Crippen molar-refractivity contribution in [3.8, 4) is 0 Å². The quantitative estimate of drug-likeness (QED) is 0.758. The van der Waals surface area contributed by atoms with Crippen LogP contribution >= 0.6 is 0 Å². The summed E-state index contributed by atoms with van der Waals surface area (Å²) in [5, 5.41) is 0. The van der Waals surface area contributed by atoms with E-state index in [0.717, 1.165) is 18.5 Å². The Kier molecular flexibility index (Phi) is 3.82. The fraction of sp³-hybridized carbons (Fsp3) is 0.533. The van der Waals surface area contributed by atoms with Crippen LogP contribution in [0.5, 0.6) is 0 Å². The summed E-state index contributed by atoms with van der Waals surface area (Å²) in [6, 6.07) is 8.47. The molecular weight excluding hydrogens is 208 g/mol. The van der Waals surface area contributed by atoms with Gasteiger partial charge in [-0.15, -0.1) is 0 Å². The van der Waals surface area contributed by atoms with Crippen molar-refractivity contribution in [2.24, 2.45) is 5.92 Å². The Labute approximate surface area is 104 Å². The molecule has 2 nitrogen and oxygen atoms in total. The number of unbranched alkanes of at least 4 members (excludes halogenated alkanes) is 1. The van der Waals surface area contributed by atoms with Crippen LogP contribution in [0.25, 0.3) is 11.0 Å². The van der Waals surface area contributed by atoms with Gasteiger partial charge in [-0.25, -0.2) is 4.98 Å². The van der Waals surface area contributed by atoms with Gasteiger partial charge in [-0.1, -0.05) is 39.3 Å². The molecule has 0 aliphatic heterocycles. The first-order valence-corrected chi connectivity index (χ1v) is 6.66. The number of hydrogen-bond donors (Lipinski definition) is 0. The number of rotatable bonds is 5. The van der Waals surface area contributed by atoms with Crippen molar-refractivity contribution in [2.45, 2.75) is 46.6 Å². The lowest BCUT2D eigenvalue weighted by molar-refractivity contribution is 0.562. The van der Waals surface area contributed by atoms with E-state index >= 15 is 0 Å². The molecule has 1 aromatic heterocycles. The van der Waals surface area contributed by atoms with E-state index in [1.165, 1.54) is 24.2 Å². The summed E-state index contributed by atoms with van der Waals surface area (Å²) < 4.78 is 2.40. The molecule has 2 aromatic rings. The lowest BCUT2D eigenvalue weighted by Gasteiger charge is -2.09. The molecule has 1 heterocycles. The minimum Gasteiger partial charge on any atom is -0.328 e. The molecule has 0 radical (unpaired) electrons. The number of nitrogens with zero attached hydrogens (tertiary/aromatic N) is 2. The second-order valence-corrected chi connectivity index (χ2v) is 5.12. The third-order valence-electron chi connectivity index (χ3n) is 3.06. The summed E-state index contributed by atoms with van der Waals surface area (Å²) in [4.78, 5) is 4.77. The van der Waals surface area contributed by atoms with Crippen LogP contribution in [0.4, 0.5) is 0 Å². The highest BCUT2D eigenvalue weighted by Crippen LogP contribution is 2.19. The van der Waals surface area contributed by atoms with Gasteiger partial charge in [0.05, 0.1) is 11.0 Å². The lowest BCUT2D eigenvalue weighted by Crippen LogP contribution is -2.07. The monoisotopic (exact) mass is 230 g/mol. The second kappa shape index (κ2) is 5.35. The number of benzene rings is 1. The molecule has 0 spiro atoms. The molecule has 0 aliphatic rings. The molecule has 0 amide bonds. The maximum Gasteiger partial charge on any atom is 0.110 e. The topological polar surface area (TPSA) is 17.8 Å².